The Kier molecular flexibility index (Phi) is 59.2. The van der Waals surface area contributed by atoms with Crippen LogP contribution in [0.15, 0.2) is 36.5 Å². The van der Waals surface area contributed by atoms with Crippen molar-refractivity contribution in [3.63, 3.8) is 0 Å². The molecular formula is C66H122O6. The predicted molar refractivity (Wildman–Crippen MR) is 312 cm³/mol. The molecule has 0 saturated heterocycles. The molecule has 72 heavy (non-hydrogen) atoms. The monoisotopic (exact) mass is 1010 g/mol. The Morgan fingerprint density at radius 2 is 0.500 bits per heavy atom. The van der Waals surface area contributed by atoms with Gasteiger partial charge in [-0.25, -0.2) is 0 Å². The molecule has 422 valence electrons. The van der Waals surface area contributed by atoms with Gasteiger partial charge in [-0.05, 0) is 57.8 Å². The number of esters is 3. The van der Waals surface area contributed by atoms with Crippen LogP contribution in [-0.4, -0.2) is 37.2 Å². The topological polar surface area (TPSA) is 78.9 Å². The highest BCUT2D eigenvalue weighted by atomic mass is 16.6. The Morgan fingerprint density at radius 3 is 0.778 bits per heavy atom. The molecule has 0 spiro atoms. The van der Waals surface area contributed by atoms with Crippen molar-refractivity contribution in [1.29, 1.82) is 0 Å². The van der Waals surface area contributed by atoms with Crippen molar-refractivity contribution in [3.8, 4) is 0 Å². The van der Waals surface area contributed by atoms with E-state index >= 15 is 0 Å². The molecule has 0 aromatic rings. The van der Waals surface area contributed by atoms with E-state index in [4.69, 9.17) is 14.2 Å². The molecule has 0 aliphatic heterocycles. The van der Waals surface area contributed by atoms with Gasteiger partial charge in [0.05, 0.1) is 0 Å². The van der Waals surface area contributed by atoms with Crippen molar-refractivity contribution >= 4 is 17.9 Å². The van der Waals surface area contributed by atoms with Gasteiger partial charge in [0.15, 0.2) is 6.10 Å². The van der Waals surface area contributed by atoms with Gasteiger partial charge in [-0.2, -0.15) is 0 Å². The highest BCUT2D eigenvalue weighted by molar-refractivity contribution is 5.71. The number of unbranched alkanes of at least 4 members (excludes halogenated alkanes) is 42. The first-order valence-corrected chi connectivity index (χ1v) is 32.0. The molecule has 0 fully saturated rings. The molecule has 0 radical (unpaired) electrons. The second-order valence-electron chi connectivity index (χ2n) is 21.7. The van der Waals surface area contributed by atoms with E-state index in [0.29, 0.717) is 19.3 Å². The van der Waals surface area contributed by atoms with Crippen LogP contribution in [0.1, 0.15) is 348 Å². The van der Waals surface area contributed by atoms with E-state index in [2.05, 4.69) is 57.2 Å². The summed E-state index contributed by atoms with van der Waals surface area (Å²) >= 11 is 0. The van der Waals surface area contributed by atoms with Crippen LogP contribution >= 0.6 is 0 Å². The maximum Gasteiger partial charge on any atom is 0.306 e. The summed E-state index contributed by atoms with van der Waals surface area (Å²) in [4.78, 5) is 38.0. The van der Waals surface area contributed by atoms with Gasteiger partial charge in [0, 0.05) is 19.3 Å². The molecule has 1 unspecified atom stereocenters. The van der Waals surface area contributed by atoms with E-state index in [0.717, 1.165) is 70.6 Å². The van der Waals surface area contributed by atoms with Crippen molar-refractivity contribution in [3.05, 3.63) is 36.5 Å². The SMILES string of the molecule is CCCCCCC/C=C\C/C=C\C/C=C\CCCCCCCCCCCCCCCCCCCCC(=O)OCC(COC(=O)CCCCCCCCCC)OC(=O)CCCCCCCCCCCCCCC. The number of hydrogen-bond acceptors (Lipinski definition) is 6. The number of hydrogen-bond donors (Lipinski definition) is 0. The highest BCUT2D eigenvalue weighted by Gasteiger charge is 2.19. The van der Waals surface area contributed by atoms with Crippen LogP contribution in [0.3, 0.4) is 0 Å². The second kappa shape index (κ2) is 61.2. The fourth-order valence-electron chi connectivity index (χ4n) is 9.57. The number of carbonyl (C=O) groups excluding carboxylic acids is 3. The summed E-state index contributed by atoms with van der Waals surface area (Å²) in [6.07, 6.45) is 74.7. The van der Waals surface area contributed by atoms with Crippen molar-refractivity contribution in [2.75, 3.05) is 13.2 Å². The van der Waals surface area contributed by atoms with E-state index in [1.807, 2.05) is 0 Å². The van der Waals surface area contributed by atoms with Crippen LogP contribution in [-0.2, 0) is 28.6 Å². The Hall–Kier alpha value is -2.37. The summed E-state index contributed by atoms with van der Waals surface area (Å²) in [5, 5.41) is 0. The first kappa shape index (κ1) is 69.6. The third-order valence-electron chi connectivity index (χ3n) is 14.4. The zero-order chi connectivity index (χ0) is 52.2. The molecule has 6 heteroatoms. The molecule has 0 aromatic carbocycles. The van der Waals surface area contributed by atoms with E-state index < -0.39 is 6.10 Å². The normalized spacial score (nSPS) is 12.2. The summed E-state index contributed by atoms with van der Waals surface area (Å²) in [6, 6.07) is 0. The smallest absolute Gasteiger partial charge is 0.306 e. The van der Waals surface area contributed by atoms with Crippen LogP contribution in [0.2, 0.25) is 0 Å². The van der Waals surface area contributed by atoms with Gasteiger partial charge in [0.2, 0.25) is 0 Å². The summed E-state index contributed by atoms with van der Waals surface area (Å²) in [7, 11) is 0. The Bertz CT molecular complexity index is 1210. The molecule has 0 bridgehead atoms. The van der Waals surface area contributed by atoms with Crippen molar-refractivity contribution in [2.24, 2.45) is 0 Å². The molecule has 0 N–H and O–H groups in total. The van der Waals surface area contributed by atoms with Gasteiger partial charge in [-0.15, -0.1) is 0 Å². The van der Waals surface area contributed by atoms with Gasteiger partial charge < -0.3 is 14.2 Å². The van der Waals surface area contributed by atoms with E-state index in [1.54, 1.807) is 0 Å². The van der Waals surface area contributed by atoms with Gasteiger partial charge >= 0.3 is 17.9 Å². The van der Waals surface area contributed by atoms with Crippen molar-refractivity contribution in [1.82, 2.24) is 0 Å². The largest absolute Gasteiger partial charge is 0.462 e. The summed E-state index contributed by atoms with van der Waals surface area (Å²) in [5.41, 5.74) is 0. The van der Waals surface area contributed by atoms with Crippen LogP contribution in [0.4, 0.5) is 0 Å². The van der Waals surface area contributed by atoms with Crippen molar-refractivity contribution < 1.29 is 28.6 Å². The molecule has 6 nitrogen and oxygen atoms in total. The lowest BCUT2D eigenvalue weighted by molar-refractivity contribution is -0.167. The minimum absolute atomic E-state index is 0.0657. The zero-order valence-corrected chi connectivity index (χ0v) is 48.5. The third kappa shape index (κ3) is 58.5. The average molecular weight is 1010 g/mol. The van der Waals surface area contributed by atoms with Gasteiger partial charge in [-0.1, -0.05) is 308 Å². The molecule has 0 saturated carbocycles. The zero-order valence-electron chi connectivity index (χ0n) is 48.5. The molecular weight excluding hydrogens is 889 g/mol. The molecule has 0 aliphatic carbocycles. The lowest BCUT2D eigenvalue weighted by Gasteiger charge is -2.18. The molecule has 1 atom stereocenters. The quantitative estimate of drug-likeness (QED) is 0.0261. The minimum Gasteiger partial charge on any atom is -0.462 e. The maximum atomic E-state index is 12.8. The molecule has 0 amide bonds. The van der Waals surface area contributed by atoms with Crippen LogP contribution < -0.4 is 0 Å². The highest BCUT2D eigenvalue weighted by Crippen LogP contribution is 2.18. The fourth-order valence-corrected chi connectivity index (χ4v) is 9.57. The summed E-state index contributed by atoms with van der Waals surface area (Å²) < 4.78 is 16.8. The lowest BCUT2D eigenvalue weighted by Crippen LogP contribution is -2.30. The minimum atomic E-state index is -0.764. The molecule has 0 aromatic heterocycles. The van der Waals surface area contributed by atoms with Crippen LogP contribution in [0, 0.1) is 0 Å². The summed E-state index contributed by atoms with van der Waals surface area (Å²) in [6.45, 7) is 6.64. The number of ether oxygens (including phenoxy) is 3. The van der Waals surface area contributed by atoms with Crippen molar-refractivity contribution in [2.45, 2.75) is 354 Å². The molecule has 0 heterocycles. The van der Waals surface area contributed by atoms with Gasteiger partial charge in [-0.3, -0.25) is 14.4 Å². The summed E-state index contributed by atoms with van der Waals surface area (Å²) in [5.74, 6) is -0.849. The Labute approximate surface area is 448 Å². The first-order chi connectivity index (χ1) is 35.5. The number of rotatable bonds is 59. The predicted octanol–water partition coefficient (Wildman–Crippen LogP) is 21.6. The van der Waals surface area contributed by atoms with E-state index in [-0.39, 0.29) is 31.1 Å². The van der Waals surface area contributed by atoms with Gasteiger partial charge in [0.1, 0.15) is 13.2 Å². The Morgan fingerprint density at radius 1 is 0.278 bits per heavy atom. The lowest BCUT2D eigenvalue weighted by atomic mass is 10.0. The second-order valence-corrected chi connectivity index (χ2v) is 21.7. The van der Waals surface area contributed by atoms with Gasteiger partial charge in [0.25, 0.3) is 0 Å². The maximum absolute atomic E-state index is 12.8. The van der Waals surface area contributed by atoms with Crippen LogP contribution in [0.5, 0.6) is 0 Å². The first-order valence-electron chi connectivity index (χ1n) is 32.0. The standard InChI is InChI=1S/C66H122O6/c1-4-7-10-13-16-19-21-23-24-25-26-27-28-29-30-31-32-33-34-35-36-37-38-39-40-41-42-44-45-47-50-53-56-59-65(68)71-62-63(61-70-64(67)58-55-52-49-18-15-12-9-6-3)72-66(69)60-57-54-51-48-46-43-22-20-17-14-11-8-5-2/h21,23,25-26,28-29,63H,4-20,22,24,27,30-62H2,1-3H3/b23-21-,26-25-,29-28-. The number of carbonyl (C=O) groups is 3. The molecule has 0 aliphatic rings. The van der Waals surface area contributed by atoms with Crippen LogP contribution in [0.25, 0.3) is 0 Å². The fraction of sp³-hybridized carbons (Fsp3) is 0.864. The van der Waals surface area contributed by atoms with E-state index in [9.17, 15) is 14.4 Å². The number of allylic oxidation sites excluding steroid dienone is 6. The molecule has 0 rings (SSSR count). The Balaban J connectivity index is 3.97. The van der Waals surface area contributed by atoms with E-state index in [1.165, 1.54) is 238 Å². The average Bonchev–Trinajstić information content (AvgIpc) is 3.38. The third-order valence-corrected chi connectivity index (χ3v) is 14.4.